The fraction of sp³-hybridized carbons (Fsp3) is 0.273. The molecule has 2 aromatic heterocycles. The maximum absolute atomic E-state index is 11.4. The van der Waals surface area contributed by atoms with Crippen LogP contribution in [0.1, 0.15) is 12.6 Å². The quantitative estimate of drug-likeness (QED) is 0.640. The number of esters is 1. The lowest BCUT2D eigenvalue weighted by Gasteiger charge is -2.03. The predicted octanol–water partition coefficient (Wildman–Crippen LogP) is 2.20. The minimum atomic E-state index is -0.236. The Labute approximate surface area is 101 Å². The van der Waals surface area contributed by atoms with Gasteiger partial charge in [0.15, 0.2) is 0 Å². The number of ether oxygens (including phenoxy) is 1. The monoisotopic (exact) mass is 282 g/mol. The standard InChI is InChI=1S/C11H11BrN2O2/c1-2-16-11(15)6-8-7-13-10-5-3-4-9(12)14(8)10/h3-5,7H,2,6H2,1H3. The summed E-state index contributed by atoms with van der Waals surface area (Å²) in [5, 5.41) is 0. The molecular formula is C11H11BrN2O2. The van der Waals surface area contributed by atoms with Gasteiger partial charge < -0.3 is 4.74 Å². The molecule has 84 valence electrons. The summed E-state index contributed by atoms with van der Waals surface area (Å²) in [6.45, 7) is 2.19. The van der Waals surface area contributed by atoms with E-state index >= 15 is 0 Å². The average molecular weight is 283 g/mol. The molecule has 0 aromatic carbocycles. The van der Waals surface area contributed by atoms with Crippen molar-refractivity contribution < 1.29 is 9.53 Å². The molecule has 0 bridgehead atoms. The van der Waals surface area contributed by atoms with Gasteiger partial charge in [-0.1, -0.05) is 6.07 Å². The van der Waals surface area contributed by atoms with E-state index in [1.807, 2.05) is 22.6 Å². The minimum absolute atomic E-state index is 0.234. The van der Waals surface area contributed by atoms with Gasteiger partial charge in [0, 0.05) is 6.20 Å². The van der Waals surface area contributed by atoms with Crippen LogP contribution in [0.3, 0.4) is 0 Å². The third kappa shape index (κ3) is 2.09. The number of pyridine rings is 1. The van der Waals surface area contributed by atoms with Gasteiger partial charge in [-0.05, 0) is 35.0 Å². The molecule has 0 fully saturated rings. The zero-order chi connectivity index (χ0) is 11.5. The van der Waals surface area contributed by atoms with Crippen LogP contribution in [0, 0.1) is 0 Å². The SMILES string of the molecule is CCOC(=O)Cc1cnc2cccc(Br)n12. The van der Waals surface area contributed by atoms with Crippen LogP contribution in [0.2, 0.25) is 0 Å². The summed E-state index contributed by atoms with van der Waals surface area (Å²) in [5.74, 6) is -0.236. The molecule has 0 saturated heterocycles. The largest absolute Gasteiger partial charge is 0.466 e. The van der Waals surface area contributed by atoms with Crippen LogP contribution in [-0.2, 0) is 16.0 Å². The first-order valence-electron chi connectivity index (χ1n) is 4.99. The number of nitrogens with zero attached hydrogens (tertiary/aromatic N) is 2. The van der Waals surface area contributed by atoms with E-state index in [0.717, 1.165) is 15.9 Å². The topological polar surface area (TPSA) is 43.6 Å². The van der Waals surface area contributed by atoms with Crippen molar-refractivity contribution in [1.29, 1.82) is 0 Å². The van der Waals surface area contributed by atoms with Gasteiger partial charge in [-0.15, -0.1) is 0 Å². The van der Waals surface area contributed by atoms with Crippen LogP contribution in [0.15, 0.2) is 29.0 Å². The second-order valence-electron chi connectivity index (χ2n) is 3.27. The molecule has 4 nitrogen and oxygen atoms in total. The van der Waals surface area contributed by atoms with E-state index in [9.17, 15) is 4.79 Å². The van der Waals surface area contributed by atoms with Crippen molar-refractivity contribution in [3.8, 4) is 0 Å². The second-order valence-corrected chi connectivity index (χ2v) is 4.09. The summed E-state index contributed by atoms with van der Waals surface area (Å²) >= 11 is 3.43. The van der Waals surface area contributed by atoms with E-state index in [2.05, 4.69) is 20.9 Å². The van der Waals surface area contributed by atoms with E-state index in [-0.39, 0.29) is 12.4 Å². The van der Waals surface area contributed by atoms with Crippen LogP contribution in [0.5, 0.6) is 0 Å². The first-order valence-corrected chi connectivity index (χ1v) is 5.78. The number of fused-ring (bicyclic) bond motifs is 1. The maximum atomic E-state index is 11.4. The van der Waals surface area contributed by atoms with E-state index in [1.54, 1.807) is 13.1 Å². The first-order chi connectivity index (χ1) is 7.72. The van der Waals surface area contributed by atoms with Crippen LogP contribution in [0.25, 0.3) is 5.65 Å². The Kier molecular flexibility index (Phi) is 3.24. The molecule has 2 rings (SSSR count). The molecule has 0 aliphatic carbocycles. The van der Waals surface area contributed by atoms with Crippen LogP contribution >= 0.6 is 15.9 Å². The number of hydrogen-bond acceptors (Lipinski definition) is 3. The van der Waals surface area contributed by atoms with Gasteiger partial charge in [0.25, 0.3) is 0 Å². The molecule has 0 N–H and O–H groups in total. The summed E-state index contributed by atoms with van der Waals surface area (Å²) in [4.78, 5) is 15.6. The number of imidazole rings is 1. The Bertz CT molecular complexity index is 522. The first kappa shape index (κ1) is 11.1. The van der Waals surface area contributed by atoms with Gasteiger partial charge in [0.2, 0.25) is 0 Å². The molecule has 2 heterocycles. The lowest BCUT2D eigenvalue weighted by molar-refractivity contribution is -0.142. The second kappa shape index (κ2) is 4.65. The van der Waals surface area contributed by atoms with Crippen molar-refractivity contribution in [2.24, 2.45) is 0 Å². The van der Waals surface area contributed by atoms with Crippen molar-refractivity contribution in [2.45, 2.75) is 13.3 Å². The summed E-state index contributed by atoms with van der Waals surface area (Å²) in [6, 6.07) is 5.70. The molecule has 0 radical (unpaired) electrons. The normalized spacial score (nSPS) is 10.6. The zero-order valence-electron chi connectivity index (χ0n) is 8.81. The predicted molar refractivity (Wildman–Crippen MR) is 63.2 cm³/mol. The van der Waals surface area contributed by atoms with Gasteiger partial charge in [-0.25, -0.2) is 4.98 Å². The summed E-state index contributed by atoms with van der Waals surface area (Å²) in [5.41, 5.74) is 1.63. The van der Waals surface area contributed by atoms with Gasteiger partial charge in [-0.2, -0.15) is 0 Å². The van der Waals surface area contributed by atoms with Crippen molar-refractivity contribution in [2.75, 3.05) is 6.61 Å². The lowest BCUT2D eigenvalue weighted by atomic mass is 10.3. The average Bonchev–Trinajstić information content (AvgIpc) is 2.63. The summed E-state index contributed by atoms with van der Waals surface area (Å²) in [7, 11) is 0. The molecular weight excluding hydrogens is 272 g/mol. The highest BCUT2D eigenvalue weighted by Crippen LogP contribution is 2.16. The number of halogens is 1. The van der Waals surface area contributed by atoms with Gasteiger partial charge in [0.1, 0.15) is 5.65 Å². The molecule has 0 spiro atoms. The highest BCUT2D eigenvalue weighted by atomic mass is 79.9. The van der Waals surface area contributed by atoms with Gasteiger partial charge in [-0.3, -0.25) is 9.20 Å². The third-order valence-corrected chi connectivity index (χ3v) is 2.80. The van der Waals surface area contributed by atoms with Gasteiger partial charge in [0.05, 0.1) is 23.3 Å². The number of carbonyl (C=O) groups excluding carboxylic acids is 1. The number of aromatic nitrogens is 2. The fourth-order valence-corrected chi connectivity index (χ4v) is 2.10. The number of rotatable bonds is 3. The molecule has 0 saturated carbocycles. The fourth-order valence-electron chi connectivity index (χ4n) is 1.54. The molecule has 16 heavy (non-hydrogen) atoms. The maximum Gasteiger partial charge on any atom is 0.311 e. The highest BCUT2D eigenvalue weighted by molar-refractivity contribution is 9.10. The van der Waals surface area contributed by atoms with Crippen molar-refractivity contribution in [1.82, 2.24) is 9.38 Å². The Hall–Kier alpha value is -1.36. The summed E-state index contributed by atoms with van der Waals surface area (Å²) in [6.07, 6.45) is 1.93. The van der Waals surface area contributed by atoms with Crippen LogP contribution < -0.4 is 0 Å². The molecule has 0 aliphatic heterocycles. The van der Waals surface area contributed by atoms with Gasteiger partial charge >= 0.3 is 5.97 Å². The Morgan fingerprint density at radius 3 is 3.12 bits per heavy atom. The molecule has 5 heteroatoms. The lowest BCUT2D eigenvalue weighted by Crippen LogP contribution is -2.09. The smallest absolute Gasteiger partial charge is 0.311 e. The zero-order valence-corrected chi connectivity index (χ0v) is 10.4. The number of hydrogen-bond donors (Lipinski definition) is 0. The molecule has 0 atom stereocenters. The Morgan fingerprint density at radius 2 is 2.38 bits per heavy atom. The van der Waals surface area contributed by atoms with Crippen molar-refractivity contribution in [3.05, 3.63) is 34.7 Å². The summed E-state index contributed by atoms with van der Waals surface area (Å²) < 4.78 is 7.67. The Morgan fingerprint density at radius 1 is 1.56 bits per heavy atom. The molecule has 0 amide bonds. The van der Waals surface area contributed by atoms with E-state index in [1.165, 1.54) is 0 Å². The van der Waals surface area contributed by atoms with Crippen molar-refractivity contribution >= 4 is 27.5 Å². The molecule has 0 unspecified atom stereocenters. The highest BCUT2D eigenvalue weighted by Gasteiger charge is 2.10. The van der Waals surface area contributed by atoms with E-state index < -0.39 is 0 Å². The Balaban J connectivity index is 2.34. The van der Waals surface area contributed by atoms with Crippen molar-refractivity contribution in [3.63, 3.8) is 0 Å². The van der Waals surface area contributed by atoms with Crippen LogP contribution in [0.4, 0.5) is 0 Å². The molecule has 0 aliphatic rings. The third-order valence-electron chi connectivity index (χ3n) is 2.19. The minimum Gasteiger partial charge on any atom is -0.466 e. The van der Waals surface area contributed by atoms with E-state index in [0.29, 0.717) is 6.61 Å². The molecule has 2 aromatic rings. The van der Waals surface area contributed by atoms with E-state index in [4.69, 9.17) is 4.74 Å². The van der Waals surface area contributed by atoms with Crippen LogP contribution in [-0.4, -0.2) is 22.0 Å². The number of carbonyl (C=O) groups is 1.